The van der Waals surface area contributed by atoms with Gasteiger partial charge in [0.1, 0.15) is 0 Å². The quantitative estimate of drug-likeness (QED) is 0.599. The van der Waals surface area contributed by atoms with Crippen LogP contribution in [0.25, 0.3) is 0 Å². The Hall–Kier alpha value is -1.92. The molecule has 0 saturated carbocycles. The number of rotatable bonds is 3. The molecule has 0 N–H and O–H groups in total. The van der Waals surface area contributed by atoms with Gasteiger partial charge in [0, 0.05) is 29.3 Å². The number of halogens is 2. The Kier molecular flexibility index (Phi) is 4.59. The first-order valence-electron chi connectivity index (χ1n) is 5.88. The zero-order valence-corrected chi connectivity index (χ0v) is 13.3. The van der Waals surface area contributed by atoms with Crippen molar-refractivity contribution in [2.75, 3.05) is 11.9 Å². The van der Waals surface area contributed by atoms with Gasteiger partial charge < -0.3 is 4.90 Å². The van der Waals surface area contributed by atoms with Gasteiger partial charge in [-0.3, -0.25) is 14.9 Å². The summed E-state index contributed by atoms with van der Waals surface area (Å²) in [4.78, 5) is 23.9. The number of carbonyl (C=O) groups excluding carboxylic acids is 1. The van der Waals surface area contributed by atoms with Crippen molar-refractivity contribution in [1.82, 2.24) is 0 Å². The second-order valence-electron chi connectivity index (χ2n) is 4.24. The fraction of sp³-hybridized carbons (Fsp3) is 0.0714. The largest absolute Gasteiger partial charge is 0.311 e. The van der Waals surface area contributed by atoms with Crippen molar-refractivity contribution in [3.05, 3.63) is 67.6 Å². The third-order valence-electron chi connectivity index (χ3n) is 2.93. The Morgan fingerprint density at radius 1 is 1.24 bits per heavy atom. The second kappa shape index (κ2) is 6.24. The van der Waals surface area contributed by atoms with E-state index in [-0.39, 0.29) is 11.6 Å². The van der Waals surface area contributed by atoms with Crippen LogP contribution in [-0.4, -0.2) is 17.9 Å². The van der Waals surface area contributed by atoms with E-state index in [0.29, 0.717) is 20.7 Å². The van der Waals surface area contributed by atoms with Gasteiger partial charge >= 0.3 is 0 Å². The lowest BCUT2D eigenvalue weighted by Gasteiger charge is -2.18. The first kappa shape index (κ1) is 15.5. The Labute approximate surface area is 134 Å². The number of non-ortho nitro benzene ring substituents is 1. The number of carbonyl (C=O) groups is 1. The fourth-order valence-corrected chi connectivity index (χ4v) is 2.34. The number of anilines is 1. The van der Waals surface area contributed by atoms with Gasteiger partial charge in [-0.25, -0.2) is 0 Å². The van der Waals surface area contributed by atoms with Crippen LogP contribution in [-0.2, 0) is 0 Å². The highest BCUT2D eigenvalue weighted by atomic mass is 79.9. The summed E-state index contributed by atoms with van der Waals surface area (Å²) in [6, 6.07) is 10.8. The molecule has 2 aromatic carbocycles. The van der Waals surface area contributed by atoms with Gasteiger partial charge in [0.05, 0.1) is 15.5 Å². The van der Waals surface area contributed by atoms with Crippen molar-refractivity contribution in [3.8, 4) is 0 Å². The number of benzene rings is 2. The van der Waals surface area contributed by atoms with Crippen LogP contribution < -0.4 is 4.90 Å². The summed E-state index contributed by atoms with van der Waals surface area (Å²) >= 11 is 9.37. The van der Waals surface area contributed by atoms with E-state index < -0.39 is 4.92 Å². The molecule has 0 unspecified atom stereocenters. The van der Waals surface area contributed by atoms with E-state index in [1.807, 2.05) is 0 Å². The molecule has 0 aliphatic heterocycles. The molecule has 0 aromatic heterocycles. The second-order valence-corrected chi connectivity index (χ2v) is 5.47. The van der Waals surface area contributed by atoms with E-state index in [4.69, 9.17) is 11.6 Å². The van der Waals surface area contributed by atoms with Gasteiger partial charge in [0.2, 0.25) is 0 Å². The molecule has 2 rings (SSSR count). The number of nitrogens with zero attached hydrogens (tertiary/aromatic N) is 2. The minimum absolute atomic E-state index is 0.0277. The molecule has 0 aliphatic rings. The van der Waals surface area contributed by atoms with Crippen LogP contribution in [0.2, 0.25) is 5.02 Å². The summed E-state index contributed by atoms with van der Waals surface area (Å²) in [6.07, 6.45) is 0. The molecule has 7 heteroatoms. The lowest BCUT2D eigenvalue weighted by Crippen LogP contribution is -2.26. The van der Waals surface area contributed by atoms with Gasteiger partial charge in [-0.1, -0.05) is 17.7 Å². The van der Waals surface area contributed by atoms with Crippen molar-refractivity contribution < 1.29 is 9.72 Å². The molecule has 1 amide bonds. The maximum Gasteiger partial charge on any atom is 0.269 e. The molecule has 108 valence electrons. The average molecular weight is 370 g/mol. The van der Waals surface area contributed by atoms with E-state index in [1.54, 1.807) is 25.2 Å². The zero-order chi connectivity index (χ0) is 15.6. The van der Waals surface area contributed by atoms with Crippen molar-refractivity contribution >= 4 is 44.8 Å². The summed E-state index contributed by atoms with van der Waals surface area (Å²) in [7, 11) is 1.58. The standard InChI is InChI=1S/C14H10BrClN2O3/c1-17(9-5-7-10(8-6-9)18(20)21)14(19)11-3-2-4-12(15)13(11)16/h2-8H,1H3. The smallest absolute Gasteiger partial charge is 0.269 e. The summed E-state index contributed by atoms with van der Waals surface area (Å²) in [5.41, 5.74) is 0.869. The summed E-state index contributed by atoms with van der Waals surface area (Å²) in [6.45, 7) is 0. The summed E-state index contributed by atoms with van der Waals surface area (Å²) in [5.74, 6) is -0.296. The molecular weight excluding hydrogens is 360 g/mol. The lowest BCUT2D eigenvalue weighted by atomic mass is 10.2. The van der Waals surface area contributed by atoms with Gasteiger partial charge in [-0.05, 0) is 40.2 Å². The first-order chi connectivity index (χ1) is 9.91. The minimum Gasteiger partial charge on any atom is -0.311 e. The maximum atomic E-state index is 12.4. The molecule has 5 nitrogen and oxygen atoms in total. The summed E-state index contributed by atoms with van der Waals surface area (Å²) in [5, 5.41) is 11.0. The van der Waals surface area contributed by atoms with Crippen LogP contribution in [0.15, 0.2) is 46.9 Å². The van der Waals surface area contributed by atoms with Gasteiger partial charge in [-0.2, -0.15) is 0 Å². The van der Waals surface area contributed by atoms with Crippen molar-refractivity contribution in [1.29, 1.82) is 0 Å². The Morgan fingerprint density at radius 3 is 2.43 bits per heavy atom. The molecule has 0 spiro atoms. The van der Waals surface area contributed by atoms with Crippen LogP contribution in [0.5, 0.6) is 0 Å². The molecule has 0 atom stereocenters. The number of nitro groups is 1. The Balaban J connectivity index is 2.30. The molecule has 0 aliphatic carbocycles. The number of amides is 1. The molecular formula is C14H10BrClN2O3. The van der Waals surface area contributed by atoms with Gasteiger partial charge in [0.15, 0.2) is 0 Å². The molecule has 0 saturated heterocycles. The molecule has 21 heavy (non-hydrogen) atoms. The molecule has 0 heterocycles. The highest BCUT2D eigenvalue weighted by molar-refractivity contribution is 9.10. The lowest BCUT2D eigenvalue weighted by molar-refractivity contribution is -0.384. The van der Waals surface area contributed by atoms with E-state index >= 15 is 0 Å². The number of hydrogen-bond acceptors (Lipinski definition) is 3. The van der Waals surface area contributed by atoms with Crippen molar-refractivity contribution in [3.63, 3.8) is 0 Å². The molecule has 0 radical (unpaired) electrons. The average Bonchev–Trinajstić information content (AvgIpc) is 2.48. The van der Waals surface area contributed by atoms with E-state index in [9.17, 15) is 14.9 Å². The maximum absolute atomic E-state index is 12.4. The third kappa shape index (κ3) is 3.22. The van der Waals surface area contributed by atoms with Crippen LogP contribution in [0.4, 0.5) is 11.4 Å². The molecule has 0 fully saturated rings. The third-order valence-corrected chi connectivity index (χ3v) is 4.23. The van der Waals surface area contributed by atoms with Crippen molar-refractivity contribution in [2.24, 2.45) is 0 Å². The van der Waals surface area contributed by atoms with E-state index in [2.05, 4.69) is 15.9 Å². The predicted molar refractivity (Wildman–Crippen MR) is 85.0 cm³/mol. The highest BCUT2D eigenvalue weighted by Gasteiger charge is 2.18. The zero-order valence-electron chi connectivity index (χ0n) is 10.9. The predicted octanol–water partition coefficient (Wildman–Crippen LogP) is 4.29. The number of hydrogen-bond donors (Lipinski definition) is 0. The van der Waals surface area contributed by atoms with E-state index in [0.717, 1.165) is 0 Å². The fourth-order valence-electron chi connectivity index (χ4n) is 1.76. The normalized spacial score (nSPS) is 10.2. The SMILES string of the molecule is CN(C(=O)c1cccc(Br)c1Cl)c1ccc([N+](=O)[O-])cc1. The van der Waals surface area contributed by atoms with Crippen LogP contribution in [0, 0.1) is 10.1 Å². The van der Waals surface area contributed by atoms with Gasteiger partial charge in [0.25, 0.3) is 11.6 Å². The number of nitro benzene ring substituents is 1. The molecule has 2 aromatic rings. The summed E-state index contributed by atoms with van der Waals surface area (Å²) < 4.78 is 0.632. The Bertz CT molecular complexity index is 704. The van der Waals surface area contributed by atoms with Crippen LogP contribution in [0.3, 0.4) is 0 Å². The topological polar surface area (TPSA) is 63.5 Å². The monoisotopic (exact) mass is 368 g/mol. The first-order valence-corrected chi connectivity index (χ1v) is 7.05. The van der Waals surface area contributed by atoms with Crippen LogP contribution >= 0.6 is 27.5 Å². The van der Waals surface area contributed by atoms with E-state index in [1.165, 1.54) is 29.2 Å². The minimum atomic E-state index is -0.489. The Morgan fingerprint density at radius 2 is 1.86 bits per heavy atom. The molecule has 0 bridgehead atoms. The van der Waals surface area contributed by atoms with Crippen LogP contribution in [0.1, 0.15) is 10.4 Å². The van der Waals surface area contributed by atoms with Crippen molar-refractivity contribution in [2.45, 2.75) is 0 Å². The van der Waals surface area contributed by atoms with Gasteiger partial charge in [-0.15, -0.1) is 0 Å². The highest BCUT2D eigenvalue weighted by Crippen LogP contribution is 2.28.